The van der Waals surface area contributed by atoms with Crippen molar-refractivity contribution < 1.29 is 76.5 Å². The van der Waals surface area contributed by atoms with Crippen LogP contribution in [-0.4, -0.2) is 196 Å². The molecule has 4 aliphatic rings. The van der Waals surface area contributed by atoms with Crippen LogP contribution >= 0.6 is 0 Å². The fraction of sp³-hybridized carbons (Fsp3) is 0.556. The van der Waals surface area contributed by atoms with E-state index in [4.69, 9.17) is 18.9 Å². The third kappa shape index (κ3) is 19.4. The summed E-state index contributed by atoms with van der Waals surface area (Å²) >= 11 is 0. The van der Waals surface area contributed by atoms with Gasteiger partial charge in [0.25, 0.3) is 47.3 Å². The highest BCUT2D eigenvalue weighted by atomic mass is 16.5. The zero-order chi connectivity index (χ0) is 50.0. The largest absolute Gasteiger partial charge is 0.381 e. The molecule has 0 saturated heterocycles. The first-order chi connectivity index (χ1) is 33.2. The Balaban J connectivity index is 1.27. The molecule has 0 atom stereocenters. The van der Waals surface area contributed by atoms with E-state index < -0.39 is 52.7 Å². The van der Waals surface area contributed by atoms with Crippen molar-refractivity contribution in [3.05, 3.63) is 48.6 Å². The molecule has 0 fully saturated rings. The van der Waals surface area contributed by atoms with Crippen molar-refractivity contribution in [2.45, 2.75) is 51.4 Å². The van der Waals surface area contributed by atoms with Crippen LogP contribution in [0.1, 0.15) is 51.4 Å². The Bertz CT molecular complexity index is 1690. The first kappa shape index (κ1) is 54.8. The Kier molecular flexibility index (Phi) is 23.2. The summed E-state index contributed by atoms with van der Waals surface area (Å²) in [7, 11) is 0. The average Bonchev–Trinajstić information content (AvgIpc) is 4.04. The fourth-order valence-corrected chi connectivity index (χ4v) is 6.83. The Morgan fingerprint density at radius 3 is 0.725 bits per heavy atom. The summed E-state index contributed by atoms with van der Waals surface area (Å²) in [6, 6.07) is 0. The maximum absolute atomic E-state index is 12.4. The summed E-state index contributed by atoms with van der Waals surface area (Å²) in [5, 5.41) is 11.0. The molecule has 0 aromatic carbocycles. The van der Waals surface area contributed by atoms with Gasteiger partial charge in [0.1, 0.15) is 0 Å². The van der Waals surface area contributed by atoms with Gasteiger partial charge >= 0.3 is 0 Å². The van der Waals surface area contributed by atoms with E-state index in [0.717, 1.165) is 68.2 Å². The quantitative estimate of drug-likeness (QED) is 0.0368. The summed E-state index contributed by atoms with van der Waals surface area (Å²) in [6.07, 6.45) is 10.5. The number of nitrogens with zero attached hydrogens (tertiary/aromatic N) is 4. The normalized spacial score (nSPS) is 15.5. The third-order valence-electron chi connectivity index (χ3n) is 10.6. The van der Waals surface area contributed by atoms with Crippen LogP contribution in [0.4, 0.5) is 0 Å². The highest BCUT2D eigenvalue weighted by molar-refractivity contribution is 6.14. The molecule has 0 aromatic rings. The topological polar surface area (TPSA) is 303 Å². The van der Waals surface area contributed by atoms with E-state index in [9.17, 15) is 57.5 Å². The van der Waals surface area contributed by atoms with Crippen molar-refractivity contribution in [3.8, 4) is 0 Å². The fourth-order valence-electron chi connectivity index (χ4n) is 6.83. The highest BCUT2D eigenvalue weighted by Crippen LogP contribution is 2.22. The summed E-state index contributed by atoms with van der Waals surface area (Å²) in [5.41, 5.74) is -0.920. The van der Waals surface area contributed by atoms with Gasteiger partial charge in [-0.3, -0.25) is 77.1 Å². The number of nitrogens with one attached hydrogen (secondary N) is 4. The van der Waals surface area contributed by atoms with E-state index >= 15 is 0 Å². The van der Waals surface area contributed by atoms with Crippen molar-refractivity contribution in [2.24, 2.45) is 5.41 Å². The predicted molar refractivity (Wildman–Crippen MR) is 238 cm³/mol. The van der Waals surface area contributed by atoms with Crippen LogP contribution in [0.25, 0.3) is 0 Å². The van der Waals surface area contributed by atoms with E-state index in [1.165, 1.54) is 0 Å². The SMILES string of the molecule is O=C(CCN1C(=O)C=CC1=O)NCCCOCC(COCCCNC(=O)CCN1C(=O)C=CC1=O)(COCCCNC(=O)CCN1C(=O)C=CC1=O)COCCCNC(=O)CCN1C(=O)C=CC1=O. The number of carbonyl (C=O) groups is 12. The maximum atomic E-state index is 12.4. The average molecular weight is 969 g/mol. The summed E-state index contributed by atoms with van der Waals surface area (Å²) in [4.78, 5) is 148. The lowest BCUT2D eigenvalue weighted by atomic mass is 9.92. The Morgan fingerprint density at radius 2 is 0.536 bits per heavy atom. The summed E-state index contributed by atoms with van der Waals surface area (Å²) < 4.78 is 24.4. The zero-order valence-electron chi connectivity index (χ0n) is 38.4. The van der Waals surface area contributed by atoms with Gasteiger partial charge in [-0.1, -0.05) is 0 Å². The van der Waals surface area contributed by atoms with Crippen LogP contribution in [0.2, 0.25) is 0 Å². The Hall–Kier alpha value is -6.76. The van der Waals surface area contributed by atoms with Gasteiger partial charge in [-0.05, 0) is 25.7 Å². The van der Waals surface area contributed by atoms with E-state index in [1.54, 1.807) is 0 Å². The van der Waals surface area contributed by atoms with Gasteiger partial charge in [-0.15, -0.1) is 0 Å². The van der Waals surface area contributed by atoms with Gasteiger partial charge in [0, 0.05) is 153 Å². The van der Waals surface area contributed by atoms with Crippen molar-refractivity contribution in [1.82, 2.24) is 40.9 Å². The first-order valence-corrected chi connectivity index (χ1v) is 22.7. The molecule has 4 aliphatic heterocycles. The lowest BCUT2D eigenvalue weighted by Crippen LogP contribution is -2.42. The molecule has 0 saturated carbocycles. The molecule has 0 radical (unpaired) electrons. The van der Waals surface area contributed by atoms with Crippen LogP contribution in [0.15, 0.2) is 48.6 Å². The second kappa shape index (κ2) is 29.2. The molecule has 4 N–H and O–H groups in total. The molecule has 4 rings (SSSR count). The Labute approximate surface area is 398 Å². The number of carbonyl (C=O) groups excluding carboxylic acids is 12. The van der Waals surface area contributed by atoms with Crippen molar-refractivity contribution in [1.29, 1.82) is 0 Å². The third-order valence-corrected chi connectivity index (χ3v) is 10.6. The van der Waals surface area contributed by atoms with Gasteiger partial charge in [-0.25, -0.2) is 0 Å². The molecular weight excluding hydrogens is 909 g/mol. The second-order valence-corrected chi connectivity index (χ2v) is 16.2. The molecule has 0 aromatic heterocycles. The number of hydrogen-bond acceptors (Lipinski definition) is 16. The van der Waals surface area contributed by atoms with Gasteiger partial charge in [0.2, 0.25) is 23.6 Å². The summed E-state index contributed by atoms with van der Waals surface area (Å²) in [6.45, 7) is 1.77. The van der Waals surface area contributed by atoms with E-state index in [-0.39, 0.29) is 155 Å². The standard InChI is InChI=1S/C45H60N8O16/c54-33(13-21-50-37(58)5-6-38(50)59)46-17-1-25-66-29-45(30-67-26-2-18-47-34(55)14-22-51-39(60)7-8-40(51)61,31-68-27-3-19-48-35(56)15-23-52-41(62)9-10-42(52)63)32-69-28-4-20-49-36(57)16-24-53-43(64)11-12-44(53)65/h5-12H,1-4,13-32H2,(H,46,54)(H,47,55)(H,48,56)(H,49,57). The smallest absolute Gasteiger partial charge is 0.253 e. The first-order valence-electron chi connectivity index (χ1n) is 22.7. The van der Waals surface area contributed by atoms with E-state index in [0.29, 0.717) is 25.7 Å². The van der Waals surface area contributed by atoms with Crippen LogP contribution in [-0.2, 0) is 76.5 Å². The van der Waals surface area contributed by atoms with Crippen LogP contribution in [0.3, 0.4) is 0 Å². The van der Waals surface area contributed by atoms with E-state index in [1.807, 2.05) is 0 Å². The van der Waals surface area contributed by atoms with Gasteiger partial charge < -0.3 is 40.2 Å². The van der Waals surface area contributed by atoms with Gasteiger partial charge in [0.05, 0.1) is 31.8 Å². The van der Waals surface area contributed by atoms with Crippen LogP contribution in [0, 0.1) is 5.41 Å². The van der Waals surface area contributed by atoms with Crippen molar-refractivity contribution in [2.75, 3.05) is 105 Å². The minimum atomic E-state index is -0.920. The molecule has 0 aliphatic carbocycles. The van der Waals surface area contributed by atoms with E-state index in [2.05, 4.69) is 21.3 Å². The van der Waals surface area contributed by atoms with Crippen molar-refractivity contribution in [3.63, 3.8) is 0 Å². The van der Waals surface area contributed by atoms with Crippen LogP contribution in [0.5, 0.6) is 0 Å². The number of amides is 12. The molecule has 0 unspecified atom stereocenters. The number of ether oxygens (including phenoxy) is 4. The minimum absolute atomic E-state index is 0.0520. The molecule has 4 heterocycles. The van der Waals surface area contributed by atoms with Crippen molar-refractivity contribution >= 4 is 70.9 Å². The summed E-state index contributed by atoms with van der Waals surface area (Å²) in [5.74, 6) is -5.24. The molecule has 12 amide bonds. The lowest BCUT2D eigenvalue weighted by Gasteiger charge is -2.33. The molecule has 24 nitrogen and oxygen atoms in total. The molecule has 24 heteroatoms. The molecule has 69 heavy (non-hydrogen) atoms. The monoisotopic (exact) mass is 968 g/mol. The minimum Gasteiger partial charge on any atom is -0.381 e. The Morgan fingerprint density at radius 1 is 0.348 bits per heavy atom. The molecule has 0 bridgehead atoms. The highest BCUT2D eigenvalue weighted by Gasteiger charge is 2.33. The van der Waals surface area contributed by atoms with Crippen LogP contribution < -0.4 is 21.3 Å². The molecule has 376 valence electrons. The second-order valence-electron chi connectivity index (χ2n) is 16.2. The number of imide groups is 4. The van der Waals surface area contributed by atoms with Gasteiger partial charge in [-0.2, -0.15) is 0 Å². The predicted octanol–water partition coefficient (Wildman–Crippen LogP) is -2.68. The number of hydrogen-bond donors (Lipinski definition) is 4. The molecule has 0 spiro atoms. The number of rotatable bonds is 36. The lowest BCUT2D eigenvalue weighted by molar-refractivity contribution is -0.139. The maximum Gasteiger partial charge on any atom is 0.253 e. The zero-order valence-corrected chi connectivity index (χ0v) is 38.4. The molecular formula is C45H60N8O16. The van der Waals surface area contributed by atoms with Gasteiger partial charge in [0.15, 0.2) is 0 Å².